The topological polar surface area (TPSA) is 0 Å². The Labute approximate surface area is 112 Å². The van der Waals surface area contributed by atoms with E-state index in [1.54, 1.807) is 0 Å². The van der Waals surface area contributed by atoms with Gasteiger partial charge >= 0.3 is 0 Å². The van der Waals surface area contributed by atoms with Gasteiger partial charge in [0.15, 0.2) is 0 Å². The van der Waals surface area contributed by atoms with E-state index in [2.05, 4.69) is 59.3 Å². The van der Waals surface area contributed by atoms with Crippen LogP contribution in [0.5, 0.6) is 0 Å². The molecule has 0 aliphatic carbocycles. The van der Waals surface area contributed by atoms with Crippen molar-refractivity contribution in [3.63, 3.8) is 0 Å². The Morgan fingerprint density at radius 2 is 1.65 bits per heavy atom. The van der Waals surface area contributed by atoms with Gasteiger partial charge < -0.3 is 0 Å². The van der Waals surface area contributed by atoms with Crippen LogP contribution in [-0.4, -0.2) is 0 Å². The van der Waals surface area contributed by atoms with Gasteiger partial charge in [-0.25, -0.2) is 0 Å². The molecule has 0 aromatic heterocycles. The number of hydrogen-bond donors (Lipinski definition) is 0. The van der Waals surface area contributed by atoms with E-state index in [1.807, 2.05) is 0 Å². The van der Waals surface area contributed by atoms with Crippen molar-refractivity contribution in [1.29, 1.82) is 0 Å². The third kappa shape index (κ3) is 3.10. The number of rotatable bonds is 5. The van der Waals surface area contributed by atoms with Gasteiger partial charge in [-0.05, 0) is 35.2 Å². The highest BCUT2D eigenvalue weighted by molar-refractivity contribution is 9.10. The predicted octanol–water partition coefficient (Wildman–Crippen LogP) is 5.73. The van der Waals surface area contributed by atoms with Crippen molar-refractivity contribution >= 4 is 26.7 Å². The van der Waals surface area contributed by atoms with Gasteiger partial charge in [0, 0.05) is 4.47 Å². The van der Waals surface area contributed by atoms with E-state index in [1.165, 1.54) is 52.9 Å². The summed E-state index contributed by atoms with van der Waals surface area (Å²) < 4.78 is 1.20. The van der Waals surface area contributed by atoms with Crippen LogP contribution in [0.1, 0.15) is 38.2 Å². The largest absolute Gasteiger partial charge is 0.0654 e. The second-order valence-corrected chi connectivity index (χ2v) is 5.42. The molecule has 0 unspecified atom stereocenters. The van der Waals surface area contributed by atoms with Crippen LogP contribution in [0.2, 0.25) is 0 Å². The molecule has 0 fully saturated rings. The molecular formula is C16H19Br. The van der Waals surface area contributed by atoms with Gasteiger partial charge in [0.05, 0.1) is 0 Å². The van der Waals surface area contributed by atoms with Crippen molar-refractivity contribution in [3.8, 4) is 0 Å². The minimum Gasteiger partial charge on any atom is -0.0654 e. The third-order valence-corrected chi connectivity index (χ3v) is 3.95. The van der Waals surface area contributed by atoms with E-state index in [0.29, 0.717) is 0 Å². The molecule has 0 bridgehead atoms. The molecule has 1 heteroatoms. The number of aryl methyl sites for hydroxylation is 1. The van der Waals surface area contributed by atoms with Crippen LogP contribution in [0.25, 0.3) is 10.8 Å². The van der Waals surface area contributed by atoms with Crippen molar-refractivity contribution in [3.05, 3.63) is 46.4 Å². The summed E-state index contributed by atoms with van der Waals surface area (Å²) in [6.45, 7) is 2.26. The summed E-state index contributed by atoms with van der Waals surface area (Å²) in [6.07, 6.45) is 6.52. The Hall–Kier alpha value is -0.820. The second-order valence-electron chi connectivity index (χ2n) is 4.56. The highest BCUT2D eigenvalue weighted by Gasteiger charge is 2.02. The highest BCUT2D eigenvalue weighted by Crippen LogP contribution is 2.27. The zero-order valence-electron chi connectivity index (χ0n) is 10.4. The zero-order chi connectivity index (χ0) is 12.1. The molecule has 2 aromatic carbocycles. The summed E-state index contributed by atoms with van der Waals surface area (Å²) in [5.74, 6) is 0. The lowest BCUT2D eigenvalue weighted by Crippen LogP contribution is -1.88. The van der Waals surface area contributed by atoms with Gasteiger partial charge in [0.2, 0.25) is 0 Å². The Morgan fingerprint density at radius 3 is 2.47 bits per heavy atom. The monoisotopic (exact) mass is 290 g/mol. The molecule has 0 nitrogen and oxygen atoms in total. The molecule has 0 saturated carbocycles. The fourth-order valence-corrected chi connectivity index (χ4v) is 2.80. The van der Waals surface area contributed by atoms with Crippen LogP contribution in [0.4, 0.5) is 0 Å². The lowest BCUT2D eigenvalue weighted by atomic mass is 9.99. The zero-order valence-corrected chi connectivity index (χ0v) is 12.0. The molecule has 0 aliphatic heterocycles. The minimum atomic E-state index is 1.20. The van der Waals surface area contributed by atoms with Gasteiger partial charge in [0.25, 0.3) is 0 Å². The van der Waals surface area contributed by atoms with Crippen molar-refractivity contribution in [2.24, 2.45) is 0 Å². The average molecular weight is 291 g/mol. The lowest BCUT2D eigenvalue weighted by Gasteiger charge is -2.07. The van der Waals surface area contributed by atoms with Crippen LogP contribution in [-0.2, 0) is 6.42 Å². The fourth-order valence-electron chi connectivity index (χ4n) is 2.30. The van der Waals surface area contributed by atoms with E-state index in [4.69, 9.17) is 0 Å². The van der Waals surface area contributed by atoms with E-state index >= 15 is 0 Å². The molecule has 0 aliphatic rings. The molecule has 0 saturated heterocycles. The van der Waals surface area contributed by atoms with Crippen LogP contribution < -0.4 is 0 Å². The SMILES string of the molecule is CCCCCCc1cccc2c(Br)cccc12. The lowest BCUT2D eigenvalue weighted by molar-refractivity contribution is 0.668. The molecule has 0 atom stereocenters. The maximum absolute atomic E-state index is 3.62. The molecule has 0 amide bonds. The van der Waals surface area contributed by atoms with Gasteiger partial charge in [-0.3, -0.25) is 0 Å². The maximum atomic E-state index is 3.62. The summed E-state index contributed by atoms with van der Waals surface area (Å²) in [6, 6.07) is 13.1. The maximum Gasteiger partial charge on any atom is 0.0253 e. The Balaban J connectivity index is 2.19. The molecule has 0 N–H and O–H groups in total. The van der Waals surface area contributed by atoms with Crippen molar-refractivity contribution in [1.82, 2.24) is 0 Å². The van der Waals surface area contributed by atoms with Crippen molar-refractivity contribution in [2.75, 3.05) is 0 Å². The Morgan fingerprint density at radius 1 is 0.882 bits per heavy atom. The molecular weight excluding hydrogens is 272 g/mol. The van der Waals surface area contributed by atoms with Crippen LogP contribution in [0.3, 0.4) is 0 Å². The quantitative estimate of drug-likeness (QED) is 0.617. The smallest absolute Gasteiger partial charge is 0.0253 e. The number of benzene rings is 2. The summed E-state index contributed by atoms with van der Waals surface area (Å²) in [5.41, 5.74) is 1.49. The predicted molar refractivity (Wildman–Crippen MR) is 79.5 cm³/mol. The van der Waals surface area contributed by atoms with Gasteiger partial charge in [0.1, 0.15) is 0 Å². The summed E-state index contributed by atoms with van der Waals surface area (Å²) in [4.78, 5) is 0. The number of hydrogen-bond acceptors (Lipinski definition) is 0. The first-order chi connectivity index (χ1) is 8.33. The van der Waals surface area contributed by atoms with Gasteiger partial charge in [-0.1, -0.05) is 72.4 Å². The van der Waals surface area contributed by atoms with Crippen LogP contribution in [0, 0.1) is 0 Å². The summed E-state index contributed by atoms with van der Waals surface area (Å²) in [7, 11) is 0. The second kappa shape index (κ2) is 6.20. The number of unbranched alkanes of at least 4 members (excludes halogenated alkanes) is 3. The molecule has 2 aromatic rings. The van der Waals surface area contributed by atoms with Crippen molar-refractivity contribution < 1.29 is 0 Å². The van der Waals surface area contributed by atoms with Crippen molar-refractivity contribution in [2.45, 2.75) is 39.0 Å². The van der Waals surface area contributed by atoms with E-state index in [9.17, 15) is 0 Å². The van der Waals surface area contributed by atoms with Crippen LogP contribution in [0.15, 0.2) is 40.9 Å². The van der Waals surface area contributed by atoms with E-state index in [0.717, 1.165) is 0 Å². The first-order valence-electron chi connectivity index (χ1n) is 6.49. The van der Waals surface area contributed by atoms with E-state index < -0.39 is 0 Å². The van der Waals surface area contributed by atoms with Gasteiger partial charge in [-0.15, -0.1) is 0 Å². The molecule has 2 rings (SSSR count). The molecule has 0 heterocycles. The fraction of sp³-hybridized carbons (Fsp3) is 0.375. The van der Waals surface area contributed by atoms with E-state index in [-0.39, 0.29) is 0 Å². The minimum absolute atomic E-state index is 1.20. The first kappa shape index (κ1) is 12.6. The average Bonchev–Trinajstić information content (AvgIpc) is 2.36. The molecule has 90 valence electrons. The summed E-state index contributed by atoms with van der Waals surface area (Å²) >= 11 is 3.62. The molecule has 17 heavy (non-hydrogen) atoms. The number of halogens is 1. The standard InChI is InChI=1S/C16H19Br/c1-2-3-4-5-8-13-9-6-11-15-14(13)10-7-12-16(15)17/h6-7,9-12H,2-5,8H2,1H3. The Bertz CT molecular complexity index is 488. The molecule has 0 radical (unpaired) electrons. The normalized spacial score (nSPS) is 10.9. The Kier molecular flexibility index (Phi) is 4.61. The number of fused-ring (bicyclic) bond motifs is 1. The van der Waals surface area contributed by atoms with Gasteiger partial charge in [-0.2, -0.15) is 0 Å². The highest BCUT2D eigenvalue weighted by atomic mass is 79.9. The first-order valence-corrected chi connectivity index (χ1v) is 7.28. The molecule has 0 spiro atoms. The van der Waals surface area contributed by atoms with Crippen LogP contribution >= 0.6 is 15.9 Å². The third-order valence-electron chi connectivity index (χ3n) is 3.26. The summed E-state index contributed by atoms with van der Waals surface area (Å²) in [5, 5.41) is 2.74.